The molecular weight excluding hydrogens is 498 g/mol. The van der Waals surface area contributed by atoms with Gasteiger partial charge in [-0.05, 0) is 55.1 Å². The first-order valence-electron chi connectivity index (χ1n) is 12.6. The Morgan fingerprint density at radius 1 is 1.18 bits per heavy atom. The van der Waals surface area contributed by atoms with E-state index in [2.05, 4.69) is 41.4 Å². The molecule has 0 aliphatic carbocycles. The van der Waals surface area contributed by atoms with E-state index in [1.807, 2.05) is 24.1 Å². The number of anilines is 1. The Morgan fingerprint density at radius 3 is 2.58 bits per heavy atom. The second kappa shape index (κ2) is 11.4. The van der Waals surface area contributed by atoms with Gasteiger partial charge in [-0.2, -0.15) is 18.3 Å². The minimum atomic E-state index is -4.47. The number of benzene rings is 1. The zero-order valence-electron chi connectivity index (χ0n) is 21.6. The molecule has 4 rings (SSSR count). The van der Waals surface area contributed by atoms with E-state index in [1.54, 1.807) is 24.3 Å². The number of nitrogens with one attached hydrogen (secondary N) is 2. The first-order valence-corrected chi connectivity index (χ1v) is 12.6. The number of aromatic nitrogens is 2. The number of carbonyl (C=O) groups is 1. The van der Waals surface area contributed by atoms with E-state index in [4.69, 9.17) is 0 Å². The summed E-state index contributed by atoms with van der Waals surface area (Å²) in [6, 6.07) is 11.5. The van der Waals surface area contributed by atoms with E-state index in [0.717, 1.165) is 5.56 Å². The zero-order valence-corrected chi connectivity index (χ0v) is 21.6. The van der Waals surface area contributed by atoms with Crippen molar-refractivity contribution in [2.45, 2.75) is 51.0 Å². The number of amides is 1. The maximum absolute atomic E-state index is 14.6. The van der Waals surface area contributed by atoms with Gasteiger partial charge in [0.25, 0.3) is 5.91 Å². The molecule has 0 unspecified atom stereocenters. The van der Waals surface area contributed by atoms with Crippen LogP contribution in [-0.2, 0) is 6.42 Å². The maximum Gasteiger partial charge on any atom is 0.393 e. The molecule has 2 aromatic heterocycles. The van der Waals surface area contributed by atoms with Crippen LogP contribution in [0.4, 0.5) is 23.4 Å². The number of hydrogen-bond acceptors (Lipinski definition) is 4. The number of rotatable bonds is 6. The van der Waals surface area contributed by atoms with Gasteiger partial charge in [0.1, 0.15) is 17.7 Å². The third-order valence-electron chi connectivity index (χ3n) is 6.60. The van der Waals surface area contributed by atoms with Gasteiger partial charge in [-0.15, -0.1) is 0 Å². The molecule has 10 heteroatoms. The quantitative estimate of drug-likeness (QED) is 0.356. The molecule has 202 valence electrons. The first kappa shape index (κ1) is 27.5. The van der Waals surface area contributed by atoms with Crippen LogP contribution in [0, 0.1) is 11.8 Å². The zero-order chi connectivity index (χ0) is 27.4. The van der Waals surface area contributed by atoms with Crippen LogP contribution in [0.15, 0.2) is 42.5 Å². The molecule has 6 nitrogen and oxygen atoms in total. The number of nitrogens with zero attached hydrogens (tertiary/aromatic N) is 3. The number of fused-ring (bicyclic) bond motifs is 1. The highest BCUT2D eigenvalue weighted by Crippen LogP contribution is 2.28. The molecule has 38 heavy (non-hydrogen) atoms. The maximum atomic E-state index is 14.6. The fourth-order valence-corrected chi connectivity index (χ4v) is 4.49. The van der Waals surface area contributed by atoms with Gasteiger partial charge in [0, 0.05) is 24.2 Å². The molecule has 1 fully saturated rings. The Kier molecular flexibility index (Phi) is 8.26. The highest BCUT2D eigenvalue weighted by atomic mass is 19.4. The number of likely N-dealkylation sites (tertiary alicyclic amines) is 1. The highest BCUT2D eigenvalue weighted by Gasteiger charge is 2.32. The number of carbonyl (C=O) groups excluding carboxylic acids is 1. The molecule has 0 spiro atoms. The van der Waals surface area contributed by atoms with Gasteiger partial charge in [-0.1, -0.05) is 38.0 Å². The Morgan fingerprint density at radius 2 is 1.92 bits per heavy atom. The van der Waals surface area contributed by atoms with E-state index in [0.29, 0.717) is 30.3 Å². The average molecular weight is 530 g/mol. The van der Waals surface area contributed by atoms with Gasteiger partial charge in [-0.3, -0.25) is 4.79 Å². The van der Waals surface area contributed by atoms with Gasteiger partial charge in [0.15, 0.2) is 0 Å². The number of piperidine rings is 1. The molecule has 1 aliphatic heterocycles. The van der Waals surface area contributed by atoms with E-state index in [9.17, 15) is 22.4 Å². The van der Waals surface area contributed by atoms with Gasteiger partial charge in [0.2, 0.25) is 0 Å². The first-order chi connectivity index (χ1) is 18.0. The van der Waals surface area contributed by atoms with Crippen molar-refractivity contribution in [1.29, 1.82) is 0 Å². The van der Waals surface area contributed by atoms with Crippen molar-refractivity contribution < 1.29 is 22.4 Å². The summed E-state index contributed by atoms with van der Waals surface area (Å²) in [4.78, 5) is 14.3. The van der Waals surface area contributed by atoms with Crippen molar-refractivity contribution in [3.05, 3.63) is 64.8 Å². The minimum Gasteiger partial charge on any atom is -0.364 e. The second-order valence-corrected chi connectivity index (χ2v) is 9.91. The van der Waals surface area contributed by atoms with Crippen molar-refractivity contribution in [2.24, 2.45) is 0 Å². The third kappa shape index (κ3) is 6.64. The molecule has 3 aromatic rings. The molecule has 2 atom stereocenters. The minimum absolute atomic E-state index is 0.0349. The normalized spacial score (nSPS) is 18.3. The molecule has 0 saturated carbocycles. The van der Waals surface area contributed by atoms with Gasteiger partial charge in [-0.25, -0.2) is 8.91 Å². The molecule has 0 bridgehead atoms. The van der Waals surface area contributed by atoms with Crippen LogP contribution >= 0.6 is 0 Å². The lowest BCUT2D eigenvalue weighted by molar-refractivity contribution is -0.127. The molecule has 3 heterocycles. The second-order valence-electron chi connectivity index (χ2n) is 9.91. The highest BCUT2D eigenvalue weighted by molar-refractivity contribution is 5.94. The van der Waals surface area contributed by atoms with Gasteiger partial charge in [0.05, 0.1) is 24.5 Å². The monoisotopic (exact) mass is 529 g/mol. The predicted molar refractivity (Wildman–Crippen MR) is 139 cm³/mol. The third-order valence-corrected chi connectivity index (χ3v) is 6.60. The van der Waals surface area contributed by atoms with E-state index < -0.39 is 24.8 Å². The van der Waals surface area contributed by atoms with Gasteiger partial charge >= 0.3 is 6.18 Å². The summed E-state index contributed by atoms with van der Waals surface area (Å²) in [5, 5.41) is 10.1. The van der Waals surface area contributed by atoms with Crippen molar-refractivity contribution in [2.75, 3.05) is 32.0 Å². The molecule has 1 aliphatic rings. The molecule has 2 N–H and O–H groups in total. The summed E-state index contributed by atoms with van der Waals surface area (Å²) in [7, 11) is 1.84. The topological polar surface area (TPSA) is 61.7 Å². The number of pyridine rings is 1. The van der Waals surface area contributed by atoms with Crippen LogP contribution in [0.25, 0.3) is 5.52 Å². The average Bonchev–Trinajstić information content (AvgIpc) is 3.20. The fourth-order valence-electron chi connectivity index (χ4n) is 4.49. The molecule has 1 aromatic carbocycles. The Bertz CT molecular complexity index is 1340. The lowest BCUT2D eigenvalue weighted by atomic mass is 10.0. The largest absolute Gasteiger partial charge is 0.393 e. The van der Waals surface area contributed by atoms with Crippen LogP contribution in [0.2, 0.25) is 0 Å². The summed E-state index contributed by atoms with van der Waals surface area (Å²) < 4.78 is 56.3. The van der Waals surface area contributed by atoms with Crippen LogP contribution in [-0.4, -0.2) is 65.5 Å². The fraction of sp³-hybridized carbons (Fsp3) is 0.429. The summed E-state index contributed by atoms with van der Waals surface area (Å²) in [6.45, 7) is 5.03. The SMILES string of the molecule is CC(C)c1ccc(C(=O)NCC#Cc2nn3c(N[C@@H]4CCN(C)C[C@@H]4F)cccc3c2CC(F)(F)F)cc1. The van der Waals surface area contributed by atoms with Crippen LogP contribution in [0.3, 0.4) is 0 Å². The predicted octanol–water partition coefficient (Wildman–Crippen LogP) is 4.80. The summed E-state index contributed by atoms with van der Waals surface area (Å²) in [5.41, 5.74) is 1.72. The van der Waals surface area contributed by atoms with Crippen molar-refractivity contribution in [3.63, 3.8) is 0 Å². The molecule has 0 radical (unpaired) electrons. The Labute approximate surface area is 219 Å². The van der Waals surface area contributed by atoms with Crippen molar-refractivity contribution in [3.8, 4) is 11.8 Å². The Balaban J connectivity index is 1.55. The molecule has 1 amide bonds. The Hall–Kier alpha value is -3.58. The van der Waals surface area contributed by atoms with Crippen molar-refractivity contribution >= 4 is 17.2 Å². The molecular formula is C28H31F4N5O. The summed E-state index contributed by atoms with van der Waals surface area (Å²) >= 11 is 0. The smallest absolute Gasteiger partial charge is 0.364 e. The number of alkyl halides is 4. The number of hydrogen-bond donors (Lipinski definition) is 2. The van der Waals surface area contributed by atoms with E-state index in [1.165, 1.54) is 10.6 Å². The van der Waals surface area contributed by atoms with Crippen LogP contribution in [0.5, 0.6) is 0 Å². The summed E-state index contributed by atoms with van der Waals surface area (Å²) in [5.74, 6) is 5.83. The number of halogens is 4. The van der Waals surface area contributed by atoms with Crippen LogP contribution in [0.1, 0.15) is 53.4 Å². The van der Waals surface area contributed by atoms with Gasteiger partial charge < -0.3 is 15.5 Å². The summed E-state index contributed by atoms with van der Waals surface area (Å²) in [6.07, 6.45) is -6.26. The van der Waals surface area contributed by atoms with E-state index in [-0.39, 0.29) is 35.8 Å². The lowest BCUT2D eigenvalue weighted by Gasteiger charge is -2.33. The van der Waals surface area contributed by atoms with E-state index >= 15 is 0 Å². The lowest BCUT2D eigenvalue weighted by Crippen LogP contribution is -2.46. The standard InChI is InChI=1S/C28H31F4N5O/c1-18(2)19-9-11-20(12-10-19)27(38)33-14-5-6-23-21(16-28(30,31)32)25-7-4-8-26(37(25)35-23)34-24-13-15-36(3)17-22(24)29/h4,7-12,18,22,24,34H,13-17H2,1-3H3,(H,33,38)/t22-,24+/m0/s1. The van der Waals surface area contributed by atoms with Crippen molar-refractivity contribution in [1.82, 2.24) is 19.8 Å². The van der Waals surface area contributed by atoms with Crippen LogP contribution < -0.4 is 10.6 Å². The molecule has 1 saturated heterocycles.